The number of alkyl halides is 3. The molecule has 1 atom stereocenters. The number of halogens is 3. The first-order chi connectivity index (χ1) is 9.34. The molecule has 20 heavy (non-hydrogen) atoms. The molecular formula is C14H15F3N2O. The molecule has 2 rings (SSSR count). The van der Waals surface area contributed by atoms with Gasteiger partial charge >= 0.3 is 6.18 Å². The number of anilines is 1. The molecule has 0 saturated heterocycles. The molecule has 1 heterocycles. The Balaban J connectivity index is 2.55. The molecule has 0 saturated carbocycles. The van der Waals surface area contributed by atoms with Crippen LogP contribution in [0.4, 0.5) is 19.0 Å². The van der Waals surface area contributed by atoms with Crippen LogP contribution in [0.1, 0.15) is 37.5 Å². The van der Waals surface area contributed by atoms with E-state index in [2.05, 4.69) is 5.16 Å². The van der Waals surface area contributed by atoms with E-state index in [0.29, 0.717) is 16.9 Å². The zero-order valence-corrected chi connectivity index (χ0v) is 11.2. The molecule has 108 valence electrons. The van der Waals surface area contributed by atoms with E-state index < -0.39 is 11.7 Å². The minimum absolute atomic E-state index is 0.0318. The minimum Gasteiger partial charge on any atom is -0.380 e. The van der Waals surface area contributed by atoms with Crippen LogP contribution >= 0.6 is 0 Å². The number of hydrogen-bond acceptors (Lipinski definition) is 3. The number of rotatable bonds is 3. The normalized spacial score (nSPS) is 13.4. The van der Waals surface area contributed by atoms with E-state index in [-0.39, 0.29) is 11.7 Å². The molecule has 1 unspecified atom stereocenters. The minimum atomic E-state index is -4.39. The molecule has 1 aromatic heterocycles. The van der Waals surface area contributed by atoms with E-state index in [9.17, 15) is 13.2 Å². The smallest absolute Gasteiger partial charge is 0.380 e. The van der Waals surface area contributed by atoms with E-state index in [1.807, 2.05) is 13.8 Å². The predicted molar refractivity (Wildman–Crippen MR) is 70.1 cm³/mol. The lowest BCUT2D eigenvalue weighted by atomic mass is 9.96. The number of hydrogen-bond donors (Lipinski definition) is 1. The van der Waals surface area contributed by atoms with Crippen LogP contribution in [-0.2, 0) is 6.18 Å². The molecule has 0 bridgehead atoms. The third-order valence-corrected chi connectivity index (χ3v) is 3.28. The molecule has 2 N–H and O–H groups in total. The largest absolute Gasteiger partial charge is 0.416 e. The standard InChI is InChI=1S/C14H15F3N2O/c1-3-8(2)12-11(13(18)19-20-12)9-5-4-6-10(7-9)14(15,16)17/h4-8H,3H2,1-2H3,(H2,18,19). The summed E-state index contributed by atoms with van der Waals surface area (Å²) in [6.07, 6.45) is -3.61. The first-order valence-electron chi connectivity index (χ1n) is 6.27. The molecule has 0 amide bonds. The topological polar surface area (TPSA) is 52.0 Å². The summed E-state index contributed by atoms with van der Waals surface area (Å²) in [5, 5.41) is 3.68. The summed E-state index contributed by atoms with van der Waals surface area (Å²) >= 11 is 0. The number of aromatic nitrogens is 1. The summed E-state index contributed by atoms with van der Waals surface area (Å²) in [6, 6.07) is 5.01. The van der Waals surface area contributed by atoms with Crippen LogP contribution < -0.4 is 5.73 Å². The van der Waals surface area contributed by atoms with Gasteiger partial charge in [0.2, 0.25) is 0 Å². The highest BCUT2D eigenvalue weighted by Gasteiger charge is 2.31. The maximum Gasteiger partial charge on any atom is 0.416 e. The second-order valence-corrected chi connectivity index (χ2v) is 4.69. The summed E-state index contributed by atoms with van der Waals surface area (Å²) in [7, 11) is 0. The van der Waals surface area contributed by atoms with Crippen molar-refractivity contribution in [2.24, 2.45) is 0 Å². The zero-order chi connectivity index (χ0) is 14.9. The van der Waals surface area contributed by atoms with Crippen LogP contribution in [0, 0.1) is 0 Å². The van der Waals surface area contributed by atoms with Crippen molar-refractivity contribution >= 4 is 5.82 Å². The molecule has 3 nitrogen and oxygen atoms in total. The Labute approximate surface area is 114 Å². The van der Waals surface area contributed by atoms with Crippen LogP contribution in [-0.4, -0.2) is 5.16 Å². The van der Waals surface area contributed by atoms with E-state index in [0.717, 1.165) is 18.6 Å². The lowest BCUT2D eigenvalue weighted by Crippen LogP contribution is -2.05. The summed E-state index contributed by atoms with van der Waals surface area (Å²) in [4.78, 5) is 0. The monoisotopic (exact) mass is 284 g/mol. The Hall–Kier alpha value is -1.98. The van der Waals surface area contributed by atoms with Gasteiger partial charge in [-0.25, -0.2) is 0 Å². The Bertz CT molecular complexity index is 605. The molecule has 0 spiro atoms. The van der Waals surface area contributed by atoms with Gasteiger partial charge < -0.3 is 10.3 Å². The second kappa shape index (κ2) is 5.19. The number of benzene rings is 1. The lowest BCUT2D eigenvalue weighted by Gasteiger charge is -2.10. The van der Waals surface area contributed by atoms with E-state index in [1.54, 1.807) is 6.07 Å². The van der Waals surface area contributed by atoms with Crippen LogP contribution in [0.5, 0.6) is 0 Å². The fourth-order valence-corrected chi connectivity index (χ4v) is 1.98. The van der Waals surface area contributed by atoms with Gasteiger partial charge in [0, 0.05) is 5.92 Å². The molecule has 2 aromatic rings. The van der Waals surface area contributed by atoms with E-state index in [1.165, 1.54) is 6.07 Å². The van der Waals surface area contributed by atoms with Gasteiger partial charge in [-0.2, -0.15) is 13.2 Å². The molecule has 0 aliphatic rings. The number of nitrogen functional groups attached to an aromatic ring is 1. The van der Waals surface area contributed by atoms with Gasteiger partial charge in [0.1, 0.15) is 5.76 Å². The molecule has 0 aliphatic heterocycles. The van der Waals surface area contributed by atoms with Gasteiger partial charge in [0.25, 0.3) is 0 Å². The highest BCUT2D eigenvalue weighted by molar-refractivity contribution is 5.76. The van der Waals surface area contributed by atoms with Gasteiger partial charge in [0.15, 0.2) is 5.82 Å². The Morgan fingerprint density at radius 2 is 2.05 bits per heavy atom. The zero-order valence-electron chi connectivity index (χ0n) is 11.2. The van der Waals surface area contributed by atoms with E-state index in [4.69, 9.17) is 10.3 Å². The number of nitrogens with zero attached hydrogens (tertiary/aromatic N) is 1. The predicted octanol–water partition coefficient (Wildman–Crippen LogP) is 4.46. The van der Waals surface area contributed by atoms with Crippen molar-refractivity contribution in [1.82, 2.24) is 5.16 Å². The molecule has 0 radical (unpaired) electrons. The van der Waals surface area contributed by atoms with Crippen molar-refractivity contribution in [3.05, 3.63) is 35.6 Å². The van der Waals surface area contributed by atoms with Crippen molar-refractivity contribution in [1.29, 1.82) is 0 Å². The first kappa shape index (κ1) is 14.4. The summed E-state index contributed by atoms with van der Waals surface area (Å²) in [5.74, 6) is 0.660. The van der Waals surface area contributed by atoms with Crippen LogP contribution in [0.3, 0.4) is 0 Å². The van der Waals surface area contributed by atoms with Gasteiger partial charge in [-0.1, -0.05) is 31.1 Å². The average molecular weight is 284 g/mol. The van der Waals surface area contributed by atoms with Gasteiger partial charge in [-0.05, 0) is 24.1 Å². The Kier molecular flexibility index (Phi) is 3.74. The summed E-state index contributed by atoms with van der Waals surface area (Å²) in [5.41, 5.74) is 5.84. The quantitative estimate of drug-likeness (QED) is 0.905. The Morgan fingerprint density at radius 3 is 2.65 bits per heavy atom. The van der Waals surface area contributed by atoms with Crippen molar-refractivity contribution < 1.29 is 17.7 Å². The maximum absolute atomic E-state index is 12.8. The Morgan fingerprint density at radius 1 is 1.35 bits per heavy atom. The molecule has 0 fully saturated rings. The number of nitrogens with two attached hydrogens (primary N) is 1. The third kappa shape index (κ3) is 2.64. The van der Waals surface area contributed by atoms with Crippen LogP contribution in [0.15, 0.2) is 28.8 Å². The molecule has 0 aliphatic carbocycles. The summed E-state index contributed by atoms with van der Waals surface area (Å²) < 4.78 is 43.5. The third-order valence-electron chi connectivity index (χ3n) is 3.28. The molecule has 6 heteroatoms. The second-order valence-electron chi connectivity index (χ2n) is 4.69. The van der Waals surface area contributed by atoms with Gasteiger partial charge in [-0.15, -0.1) is 0 Å². The van der Waals surface area contributed by atoms with Crippen molar-refractivity contribution in [3.63, 3.8) is 0 Å². The lowest BCUT2D eigenvalue weighted by molar-refractivity contribution is -0.137. The fourth-order valence-electron chi connectivity index (χ4n) is 1.98. The first-order valence-corrected chi connectivity index (χ1v) is 6.27. The van der Waals surface area contributed by atoms with Crippen LogP contribution in [0.2, 0.25) is 0 Å². The van der Waals surface area contributed by atoms with Crippen LogP contribution in [0.25, 0.3) is 11.1 Å². The summed E-state index contributed by atoms with van der Waals surface area (Å²) in [6.45, 7) is 3.87. The van der Waals surface area contributed by atoms with Crippen molar-refractivity contribution in [2.75, 3.05) is 5.73 Å². The highest BCUT2D eigenvalue weighted by Crippen LogP contribution is 2.38. The average Bonchev–Trinajstić information content (AvgIpc) is 2.79. The highest BCUT2D eigenvalue weighted by atomic mass is 19.4. The fraction of sp³-hybridized carbons (Fsp3) is 0.357. The van der Waals surface area contributed by atoms with Crippen molar-refractivity contribution in [2.45, 2.75) is 32.4 Å². The van der Waals surface area contributed by atoms with Gasteiger partial charge in [0.05, 0.1) is 11.1 Å². The van der Waals surface area contributed by atoms with E-state index >= 15 is 0 Å². The van der Waals surface area contributed by atoms with Crippen molar-refractivity contribution in [3.8, 4) is 11.1 Å². The van der Waals surface area contributed by atoms with Gasteiger partial charge in [-0.3, -0.25) is 0 Å². The molecular weight excluding hydrogens is 269 g/mol. The maximum atomic E-state index is 12.8. The SMILES string of the molecule is CCC(C)c1onc(N)c1-c1cccc(C(F)(F)F)c1. The molecule has 1 aromatic carbocycles.